The van der Waals surface area contributed by atoms with Gasteiger partial charge >= 0.3 is 11.8 Å². The van der Waals surface area contributed by atoms with Crippen LogP contribution in [0.4, 0.5) is 0 Å². The van der Waals surface area contributed by atoms with Gasteiger partial charge in [-0.25, -0.2) is 0 Å². The Morgan fingerprint density at radius 1 is 1.10 bits per heavy atom. The van der Waals surface area contributed by atoms with Crippen molar-refractivity contribution in [3.05, 3.63) is 23.8 Å². The van der Waals surface area contributed by atoms with Crippen molar-refractivity contribution < 1.29 is 19.1 Å². The first-order chi connectivity index (χ1) is 15.0. The first-order valence-corrected chi connectivity index (χ1v) is 11.5. The van der Waals surface area contributed by atoms with Gasteiger partial charge in [-0.15, -0.1) is 11.6 Å². The maximum atomic E-state index is 12.9. The summed E-state index contributed by atoms with van der Waals surface area (Å²) in [6, 6.07) is 6.11. The number of halogens is 1. The van der Waals surface area contributed by atoms with Crippen LogP contribution in [0, 0.1) is 0 Å². The number of hydrogen-bond acceptors (Lipinski definition) is 6. The molecule has 3 atom stereocenters. The van der Waals surface area contributed by atoms with E-state index in [0.717, 1.165) is 44.0 Å². The fraction of sp³-hybridized carbons (Fsp3) is 0.636. The highest BCUT2D eigenvalue weighted by Gasteiger charge is 2.49. The molecule has 1 aromatic rings. The van der Waals surface area contributed by atoms with E-state index < -0.39 is 11.8 Å². The van der Waals surface area contributed by atoms with Crippen molar-refractivity contribution in [1.82, 2.24) is 20.0 Å². The van der Waals surface area contributed by atoms with Crippen molar-refractivity contribution in [2.24, 2.45) is 0 Å². The van der Waals surface area contributed by atoms with E-state index in [4.69, 9.17) is 21.1 Å². The lowest BCUT2D eigenvalue weighted by atomic mass is 9.93. The van der Waals surface area contributed by atoms with Crippen LogP contribution in [0.3, 0.4) is 0 Å². The number of piperazine rings is 1. The molecule has 2 amide bonds. The number of likely N-dealkylation sites (tertiary alicyclic amines) is 1. The molecule has 1 aromatic carbocycles. The molecular weight excluding hydrogens is 420 g/mol. The minimum Gasteiger partial charge on any atom is -0.486 e. The second-order valence-electron chi connectivity index (χ2n) is 8.87. The van der Waals surface area contributed by atoms with Gasteiger partial charge in [0.05, 0.1) is 6.04 Å². The zero-order valence-electron chi connectivity index (χ0n) is 17.8. The predicted molar refractivity (Wildman–Crippen MR) is 115 cm³/mol. The van der Waals surface area contributed by atoms with Gasteiger partial charge in [0.1, 0.15) is 19.4 Å². The van der Waals surface area contributed by atoms with Crippen molar-refractivity contribution in [3.63, 3.8) is 0 Å². The molecule has 168 valence electrons. The van der Waals surface area contributed by atoms with Gasteiger partial charge in [0.25, 0.3) is 0 Å². The van der Waals surface area contributed by atoms with E-state index in [0.29, 0.717) is 26.2 Å². The largest absolute Gasteiger partial charge is 0.486 e. The molecule has 0 aliphatic carbocycles. The molecule has 0 bridgehead atoms. The van der Waals surface area contributed by atoms with E-state index in [1.165, 1.54) is 5.56 Å². The standard InChI is InChI=1S/C22H29ClN4O4/c1-25-17-11-15(23)12-24-20(17)27(22(29)21(25)28)16-4-6-26(7-5-16)13-14-2-3-18-19(10-14)31-9-8-30-18/h2-3,10,15-17,20,24H,4-9,11-13H2,1H3. The van der Waals surface area contributed by atoms with Crippen LogP contribution in [0.1, 0.15) is 24.8 Å². The molecule has 0 aromatic heterocycles. The van der Waals surface area contributed by atoms with Crippen molar-refractivity contribution in [3.8, 4) is 11.5 Å². The zero-order chi connectivity index (χ0) is 21.5. The van der Waals surface area contributed by atoms with Crippen molar-refractivity contribution >= 4 is 23.4 Å². The molecule has 0 saturated carbocycles. The Kier molecular flexibility index (Phi) is 5.71. The van der Waals surface area contributed by atoms with Crippen LogP contribution < -0.4 is 14.8 Å². The number of fused-ring (bicyclic) bond motifs is 2. The predicted octanol–water partition coefficient (Wildman–Crippen LogP) is 1.02. The average Bonchev–Trinajstić information content (AvgIpc) is 2.79. The maximum absolute atomic E-state index is 12.9. The summed E-state index contributed by atoms with van der Waals surface area (Å²) < 4.78 is 11.3. The summed E-state index contributed by atoms with van der Waals surface area (Å²) in [5.74, 6) is 0.801. The molecule has 4 aliphatic rings. The van der Waals surface area contributed by atoms with E-state index in [-0.39, 0.29) is 23.6 Å². The summed E-state index contributed by atoms with van der Waals surface area (Å²) in [5, 5.41) is 3.39. The first kappa shape index (κ1) is 20.8. The fourth-order valence-electron chi connectivity index (χ4n) is 5.24. The number of likely N-dealkylation sites (N-methyl/N-ethyl adjacent to an activating group) is 1. The van der Waals surface area contributed by atoms with E-state index in [1.807, 2.05) is 11.0 Å². The van der Waals surface area contributed by atoms with Gasteiger partial charge in [-0.3, -0.25) is 19.8 Å². The number of amides is 2. The highest BCUT2D eigenvalue weighted by Crippen LogP contribution is 2.33. The molecule has 3 saturated heterocycles. The van der Waals surface area contributed by atoms with Gasteiger partial charge in [-0.05, 0) is 37.0 Å². The summed E-state index contributed by atoms with van der Waals surface area (Å²) in [5.41, 5.74) is 1.19. The number of carbonyl (C=O) groups is 2. The number of piperidine rings is 2. The molecule has 4 aliphatic heterocycles. The number of nitrogens with zero attached hydrogens (tertiary/aromatic N) is 3. The Hall–Kier alpha value is -2.03. The molecular formula is C22H29ClN4O4. The number of alkyl halides is 1. The Morgan fingerprint density at radius 3 is 2.61 bits per heavy atom. The number of nitrogens with one attached hydrogen (secondary N) is 1. The second-order valence-corrected chi connectivity index (χ2v) is 9.48. The van der Waals surface area contributed by atoms with Crippen LogP contribution in [0.25, 0.3) is 0 Å². The topological polar surface area (TPSA) is 74.4 Å². The normalized spacial score (nSPS) is 29.8. The van der Waals surface area contributed by atoms with E-state index in [9.17, 15) is 9.59 Å². The third kappa shape index (κ3) is 3.97. The van der Waals surface area contributed by atoms with Crippen LogP contribution >= 0.6 is 11.6 Å². The Labute approximate surface area is 187 Å². The van der Waals surface area contributed by atoms with Crippen LogP contribution in [0.2, 0.25) is 0 Å². The highest BCUT2D eigenvalue weighted by atomic mass is 35.5. The summed E-state index contributed by atoms with van der Waals surface area (Å²) in [7, 11) is 1.71. The number of rotatable bonds is 3. The SMILES string of the molecule is CN1C(=O)C(=O)N(C2CCN(Cc3ccc4c(c3)OCCO4)CC2)C2NCC(Cl)CC21. The summed E-state index contributed by atoms with van der Waals surface area (Å²) in [6.45, 7) is 4.41. The van der Waals surface area contributed by atoms with Crippen molar-refractivity contribution in [1.29, 1.82) is 0 Å². The molecule has 4 heterocycles. The molecule has 0 radical (unpaired) electrons. The minimum atomic E-state index is -0.424. The third-order valence-electron chi connectivity index (χ3n) is 6.91. The number of ether oxygens (including phenoxy) is 2. The molecule has 0 spiro atoms. The van der Waals surface area contributed by atoms with E-state index >= 15 is 0 Å². The monoisotopic (exact) mass is 448 g/mol. The molecule has 9 heteroatoms. The molecule has 31 heavy (non-hydrogen) atoms. The quantitative estimate of drug-likeness (QED) is 0.549. The number of carbonyl (C=O) groups excluding carboxylic acids is 2. The summed E-state index contributed by atoms with van der Waals surface area (Å²) >= 11 is 6.33. The Morgan fingerprint density at radius 2 is 1.84 bits per heavy atom. The number of hydrogen-bond donors (Lipinski definition) is 1. The van der Waals surface area contributed by atoms with Gasteiger partial charge in [-0.2, -0.15) is 0 Å². The van der Waals surface area contributed by atoms with E-state index in [2.05, 4.69) is 22.3 Å². The molecule has 3 unspecified atom stereocenters. The van der Waals surface area contributed by atoms with Gasteiger partial charge < -0.3 is 19.3 Å². The smallest absolute Gasteiger partial charge is 0.313 e. The average molecular weight is 449 g/mol. The lowest BCUT2D eigenvalue weighted by Crippen LogP contribution is -2.73. The number of benzene rings is 1. The second kappa shape index (κ2) is 8.48. The highest BCUT2D eigenvalue weighted by molar-refractivity contribution is 6.35. The lowest BCUT2D eigenvalue weighted by molar-refractivity contribution is -0.167. The van der Waals surface area contributed by atoms with Gasteiger partial charge in [0.2, 0.25) is 0 Å². The minimum absolute atomic E-state index is 0.0283. The van der Waals surface area contributed by atoms with Gasteiger partial charge in [0.15, 0.2) is 11.5 Å². The fourth-order valence-corrected chi connectivity index (χ4v) is 5.52. The van der Waals surface area contributed by atoms with Crippen LogP contribution in [-0.2, 0) is 16.1 Å². The van der Waals surface area contributed by atoms with Crippen molar-refractivity contribution in [2.75, 3.05) is 39.9 Å². The Balaban J connectivity index is 1.23. The van der Waals surface area contributed by atoms with Crippen LogP contribution in [0.5, 0.6) is 11.5 Å². The van der Waals surface area contributed by atoms with Gasteiger partial charge in [-0.1, -0.05) is 6.07 Å². The van der Waals surface area contributed by atoms with Crippen molar-refractivity contribution in [2.45, 2.75) is 49.4 Å². The summed E-state index contributed by atoms with van der Waals surface area (Å²) in [6.07, 6.45) is 2.25. The molecule has 3 fully saturated rings. The Bertz CT molecular complexity index is 860. The van der Waals surface area contributed by atoms with Crippen LogP contribution in [-0.4, -0.2) is 90.0 Å². The maximum Gasteiger partial charge on any atom is 0.313 e. The molecule has 5 rings (SSSR count). The molecule has 8 nitrogen and oxygen atoms in total. The lowest BCUT2D eigenvalue weighted by Gasteiger charge is -2.52. The summed E-state index contributed by atoms with van der Waals surface area (Å²) in [4.78, 5) is 31.3. The third-order valence-corrected chi connectivity index (χ3v) is 7.24. The molecule has 1 N–H and O–H groups in total. The van der Waals surface area contributed by atoms with E-state index in [1.54, 1.807) is 11.9 Å². The first-order valence-electron chi connectivity index (χ1n) is 11.1. The zero-order valence-corrected chi connectivity index (χ0v) is 18.5. The van der Waals surface area contributed by atoms with Gasteiger partial charge in [0, 0.05) is 44.6 Å². The van der Waals surface area contributed by atoms with Crippen LogP contribution in [0.15, 0.2) is 18.2 Å².